The molecule has 0 fully saturated rings. The number of halogens is 1. The van der Waals surface area contributed by atoms with Gasteiger partial charge in [-0.15, -0.1) is 0 Å². The number of hydrogen-bond donors (Lipinski definition) is 0. The van der Waals surface area contributed by atoms with Crippen LogP contribution in [0.4, 0.5) is 3.89 Å². The van der Waals surface area contributed by atoms with Gasteiger partial charge >= 0.3 is 0 Å². The third-order valence-electron chi connectivity index (χ3n) is 3.91. The molecule has 1 rings (SSSR count). The number of nitrogens with zero attached hydrogens (tertiary/aromatic N) is 1. The van der Waals surface area contributed by atoms with Crippen LogP contribution in [-0.2, 0) is 13.0 Å². The predicted molar refractivity (Wildman–Crippen MR) is 106 cm³/mol. The first-order valence-electron chi connectivity index (χ1n) is 8.24. The fraction of sp³-hybridized carbons (Fsp3) is 0.333. The molecule has 0 atom stereocenters. The first-order chi connectivity index (χ1) is 11.5. The van der Waals surface area contributed by atoms with E-state index in [-0.39, 0.29) is 0 Å². The lowest BCUT2D eigenvalue weighted by Gasteiger charge is -2.29. The van der Waals surface area contributed by atoms with Crippen LogP contribution in [0.2, 0.25) is 0 Å². The smallest absolute Gasteiger partial charge is 0.0480 e. The summed E-state index contributed by atoms with van der Waals surface area (Å²) >= 11 is 0.413. The highest BCUT2D eigenvalue weighted by Crippen LogP contribution is 2.24. The van der Waals surface area contributed by atoms with Crippen LogP contribution < -0.4 is 0 Å². The Morgan fingerprint density at radius 1 is 1.25 bits per heavy atom. The molecule has 0 unspecified atom stereocenters. The van der Waals surface area contributed by atoms with E-state index in [9.17, 15) is 3.89 Å². The van der Waals surface area contributed by atoms with Crippen LogP contribution in [0.15, 0.2) is 72.6 Å². The van der Waals surface area contributed by atoms with Crippen molar-refractivity contribution in [2.45, 2.75) is 40.2 Å². The van der Waals surface area contributed by atoms with Crippen LogP contribution in [-0.4, -0.2) is 10.7 Å². The third-order valence-corrected chi connectivity index (χ3v) is 4.35. The monoisotopic (exact) mass is 345 g/mol. The Morgan fingerprint density at radius 2 is 1.92 bits per heavy atom. The molecule has 1 aromatic rings. The summed E-state index contributed by atoms with van der Waals surface area (Å²) in [6.07, 6.45) is 7.65. The van der Waals surface area contributed by atoms with Crippen molar-refractivity contribution in [2.24, 2.45) is 0 Å². The minimum absolute atomic E-state index is 0.413. The Morgan fingerprint density at radius 3 is 2.46 bits per heavy atom. The summed E-state index contributed by atoms with van der Waals surface area (Å²) in [6.45, 7) is 14.8. The van der Waals surface area contributed by atoms with E-state index in [4.69, 9.17) is 0 Å². The molecule has 0 aliphatic carbocycles. The van der Waals surface area contributed by atoms with Gasteiger partial charge in [0.1, 0.15) is 0 Å². The molecule has 24 heavy (non-hydrogen) atoms. The van der Waals surface area contributed by atoms with Gasteiger partial charge in [-0.1, -0.05) is 55.7 Å². The van der Waals surface area contributed by atoms with Crippen molar-refractivity contribution in [1.29, 1.82) is 0 Å². The van der Waals surface area contributed by atoms with Crippen LogP contribution in [0.25, 0.3) is 0 Å². The van der Waals surface area contributed by atoms with Gasteiger partial charge in [0.2, 0.25) is 0 Å². The normalized spacial score (nSPS) is 12.2. The summed E-state index contributed by atoms with van der Waals surface area (Å²) in [5, 5.41) is 0. The van der Waals surface area contributed by atoms with Gasteiger partial charge in [0.15, 0.2) is 0 Å². The molecule has 0 saturated heterocycles. The topological polar surface area (TPSA) is 3.24 Å². The molecule has 3 heteroatoms. The van der Waals surface area contributed by atoms with Crippen molar-refractivity contribution < 1.29 is 3.89 Å². The lowest BCUT2D eigenvalue weighted by Crippen LogP contribution is -2.21. The Hall–Kier alpha value is -1.74. The largest absolute Gasteiger partial charge is 0.342 e. The van der Waals surface area contributed by atoms with Crippen molar-refractivity contribution in [3.8, 4) is 0 Å². The summed E-state index contributed by atoms with van der Waals surface area (Å²) < 4.78 is 12.3. The fourth-order valence-electron chi connectivity index (χ4n) is 2.73. The second kappa shape index (κ2) is 10.9. The predicted octanol–water partition coefficient (Wildman–Crippen LogP) is 6.61. The molecule has 1 aromatic carbocycles. The maximum absolute atomic E-state index is 12.3. The minimum Gasteiger partial charge on any atom is -0.342 e. The van der Waals surface area contributed by atoms with Crippen molar-refractivity contribution in [1.82, 2.24) is 4.90 Å². The molecule has 0 saturated carbocycles. The summed E-state index contributed by atoms with van der Waals surface area (Å²) in [5.41, 5.74) is 5.82. The van der Waals surface area contributed by atoms with E-state index in [2.05, 4.69) is 49.3 Å². The van der Waals surface area contributed by atoms with Gasteiger partial charge < -0.3 is 4.90 Å². The molecule has 0 heterocycles. The molecule has 0 N–H and O–H groups in total. The standard InChI is InChI=1S/C21H28FNS/c1-6-11-18(5)21(7-2)23(17(3)4)16-20-13-9-8-12-19(20)14-10-15-24-22/h6-9,11-13H,1,3,10,14-16H2,2,4-5H3/b18-11-,21-7+. The Bertz CT molecular complexity index is 616. The number of rotatable bonds is 10. The highest BCUT2D eigenvalue weighted by atomic mass is 32.2. The second-order valence-corrected chi connectivity index (χ2v) is 6.39. The zero-order valence-corrected chi connectivity index (χ0v) is 15.8. The van der Waals surface area contributed by atoms with Crippen LogP contribution in [0, 0.1) is 0 Å². The van der Waals surface area contributed by atoms with E-state index in [1.54, 1.807) is 6.08 Å². The fourth-order valence-corrected chi connectivity index (χ4v) is 2.98. The minimum atomic E-state index is 0.413. The average Bonchev–Trinajstić information content (AvgIpc) is 2.56. The number of aryl methyl sites for hydroxylation is 1. The van der Waals surface area contributed by atoms with Crippen molar-refractivity contribution in [3.63, 3.8) is 0 Å². The zero-order valence-electron chi connectivity index (χ0n) is 15.0. The zero-order chi connectivity index (χ0) is 17.9. The Balaban J connectivity index is 3.07. The van der Waals surface area contributed by atoms with Crippen molar-refractivity contribution >= 4 is 12.1 Å². The molecule has 1 nitrogen and oxygen atoms in total. The summed E-state index contributed by atoms with van der Waals surface area (Å²) in [4.78, 5) is 2.22. The van der Waals surface area contributed by atoms with Crippen LogP contribution in [0.1, 0.15) is 38.3 Å². The highest BCUT2D eigenvalue weighted by molar-refractivity contribution is 7.94. The Kier molecular flexibility index (Phi) is 9.24. The quantitative estimate of drug-likeness (QED) is 0.347. The molecule has 0 radical (unpaired) electrons. The van der Waals surface area contributed by atoms with E-state index in [1.807, 2.05) is 26.0 Å². The number of allylic oxidation sites excluding steroid dienone is 5. The van der Waals surface area contributed by atoms with Crippen LogP contribution >= 0.6 is 12.1 Å². The number of hydrogen-bond acceptors (Lipinski definition) is 2. The third kappa shape index (κ3) is 6.04. The molecule has 0 amide bonds. The average molecular weight is 346 g/mol. The highest BCUT2D eigenvalue weighted by Gasteiger charge is 2.14. The lowest BCUT2D eigenvalue weighted by molar-refractivity contribution is 0.427. The first-order valence-corrected chi connectivity index (χ1v) is 9.13. The molecule has 0 bridgehead atoms. The molecule has 130 valence electrons. The second-order valence-electron chi connectivity index (χ2n) is 5.77. The lowest BCUT2D eigenvalue weighted by atomic mass is 10.0. The SMILES string of the molecule is C=C/C=C(C)\C(=C/C)N(Cc1ccccc1CCCSF)C(=C)C. The summed E-state index contributed by atoms with van der Waals surface area (Å²) in [7, 11) is 0. The number of benzene rings is 1. The van der Waals surface area contributed by atoms with Gasteiger partial charge in [0.25, 0.3) is 0 Å². The summed E-state index contributed by atoms with van der Waals surface area (Å²) in [6, 6.07) is 8.39. The van der Waals surface area contributed by atoms with E-state index < -0.39 is 0 Å². The van der Waals surface area contributed by atoms with E-state index >= 15 is 0 Å². The van der Waals surface area contributed by atoms with Gasteiger partial charge in [-0.25, -0.2) is 0 Å². The van der Waals surface area contributed by atoms with E-state index in [0.29, 0.717) is 17.9 Å². The van der Waals surface area contributed by atoms with Gasteiger partial charge in [0.05, 0.1) is 0 Å². The molecule has 0 aliphatic rings. The van der Waals surface area contributed by atoms with Gasteiger partial charge in [-0.3, -0.25) is 0 Å². The van der Waals surface area contributed by atoms with Gasteiger partial charge in [-0.2, -0.15) is 3.89 Å². The first kappa shape index (κ1) is 20.3. The molecule has 0 aromatic heterocycles. The maximum atomic E-state index is 12.3. The Labute approximate surface area is 150 Å². The van der Waals surface area contributed by atoms with Gasteiger partial charge in [-0.05, 0) is 50.3 Å². The van der Waals surface area contributed by atoms with Crippen LogP contribution in [0.5, 0.6) is 0 Å². The van der Waals surface area contributed by atoms with Crippen molar-refractivity contribution in [3.05, 3.63) is 83.7 Å². The van der Waals surface area contributed by atoms with E-state index in [0.717, 1.165) is 36.4 Å². The summed E-state index contributed by atoms with van der Waals surface area (Å²) in [5.74, 6) is 0.541. The van der Waals surface area contributed by atoms with Crippen molar-refractivity contribution in [2.75, 3.05) is 5.75 Å². The van der Waals surface area contributed by atoms with E-state index in [1.165, 1.54) is 11.1 Å². The maximum Gasteiger partial charge on any atom is 0.0480 e. The van der Waals surface area contributed by atoms with Gasteiger partial charge in [0, 0.05) is 35.8 Å². The molecular weight excluding hydrogens is 317 g/mol. The molecule has 0 aliphatic heterocycles. The molecular formula is C21H28FNS. The van der Waals surface area contributed by atoms with Crippen LogP contribution in [0.3, 0.4) is 0 Å². The molecule has 0 spiro atoms.